The molecule has 7 heteroatoms. The van der Waals surface area contributed by atoms with Gasteiger partial charge in [-0.2, -0.15) is 13.2 Å². The Morgan fingerprint density at radius 2 is 1.95 bits per heavy atom. The summed E-state index contributed by atoms with van der Waals surface area (Å²) in [4.78, 5) is 10.9. The van der Waals surface area contributed by atoms with Crippen LogP contribution in [-0.4, -0.2) is 29.3 Å². The fraction of sp³-hybridized carbons (Fsp3) is 0.500. The predicted molar refractivity (Wildman–Crippen MR) is 73.7 cm³/mol. The van der Waals surface area contributed by atoms with E-state index in [2.05, 4.69) is 5.32 Å². The third-order valence-corrected chi connectivity index (χ3v) is 2.95. The van der Waals surface area contributed by atoms with E-state index in [4.69, 9.17) is 5.11 Å². The fourth-order valence-corrected chi connectivity index (χ4v) is 1.67. The third-order valence-electron chi connectivity index (χ3n) is 2.95. The molecule has 0 unspecified atom stereocenters. The lowest BCUT2D eigenvalue weighted by atomic mass is 10.0. The second kappa shape index (κ2) is 6.91. The number of hydrogen-bond donors (Lipinski definition) is 3. The summed E-state index contributed by atoms with van der Waals surface area (Å²) in [7, 11) is 0. The van der Waals surface area contributed by atoms with Gasteiger partial charge in [0.05, 0.1) is 0 Å². The maximum atomic E-state index is 12.2. The fourth-order valence-electron chi connectivity index (χ4n) is 1.67. The van der Waals surface area contributed by atoms with Crippen LogP contribution in [0.1, 0.15) is 25.8 Å². The number of nitrogens with one attached hydrogen (secondary N) is 2. The summed E-state index contributed by atoms with van der Waals surface area (Å²) >= 11 is 0. The van der Waals surface area contributed by atoms with Gasteiger partial charge in [-0.05, 0) is 38.0 Å². The highest BCUT2D eigenvalue weighted by Crippen LogP contribution is 2.19. The summed E-state index contributed by atoms with van der Waals surface area (Å²) in [5, 5.41) is 13.9. The van der Waals surface area contributed by atoms with Crippen molar-refractivity contribution in [3.63, 3.8) is 0 Å². The van der Waals surface area contributed by atoms with E-state index in [9.17, 15) is 18.0 Å². The van der Waals surface area contributed by atoms with Crippen LogP contribution in [0.4, 0.5) is 18.9 Å². The van der Waals surface area contributed by atoms with Crippen LogP contribution in [0.2, 0.25) is 0 Å². The van der Waals surface area contributed by atoms with E-state index in [1.54, 1.807) is 12.1 Å². The zero-order valence-corrected chi connectivity index (χ0v) is 11.9. The molecule has 3 N–H and O–H groups in total. The molecule has 0 spiro atoms. The van der Waals surface area contributed by atoms with Crippen LogP contribution < -0.4 is 10.6 Å². The Kier molecular flexibility index (Phi) is 5.74. The number of anilines is 1. The SMILES string of the molecule is CC(C)(CCO)NCc1cccc(NC(=O)C(F)(F)F)c1. The lowest BCUT2D eigenvalue weighted by Gasteiger charge is -2.25. The minimum Gasteiger partial charge on any atom is -0.396 e. The molecule has 0 saturated heterocycles. The molecule has 1 aromatic carbocycles. The Hall–Kier alpha value is -1.60. The van der Waals surface area contributed by atoms with Gasteiger partial charge in [0.25, 0.3) is 0 Å². The first-order valence-corrected chi connectivity index (χ1v) is 6.47. The number of benzene rings is 1. The van der Waals surface area contributed by atoms with Gasteiger partial charge in [-0.15, -0.1) is 0 Å². The molecule has 4 nitrogen and oxygen atoms in total. The topological polar surface area (TPSA) is 61.4 Å². The Bertz CT molecular complexity index is 487. The molecule has 1 aromatic rings. The Morgan fingerprint density at radius 3 is 2.52 bits per heavy atom. The van der Waals surface area contributed by atoms with Gasteiger partial charge in [-0.3, -0.25) is 4.79 Å². The highest BCUT2D eigenvalue weighted by Gasteiger charge is 2.38. The molecule has 0 saturated carbocycles. The monoisotopic (exact) mass is 304 g/mol. The van der Waals surface area contributed by atoms with Crippen LogP contribution in [0.3, 0.4) is 0 Å². The molecule has 0 fully saturated rings. The molecule has 21 heavy (non-hydrogen) atoms. The van der Waals surface area contributed by atoms with Crippen molar-refractivity contribution in [2.24, 2.45) is 0 Å². The van der Waals surface area contributed by atoms with E-state index >= 15 is 0 Å². The van der Waals surface area contributed by atoms with Crippen LogP contribution in [-0.2, 0) is 11.3 Å². The number of amides is 1. The standard InChI is InChI=1S/C14H19F3N2O2/c1-13(2,6-7-20)18-9-10-4-3-5-11(8-10)19-12(21)14(15,16)17/h3-5,8,18,20H,6-7,9H2,1-2H3,(H,19,21). The molecule has 0 aliphatic carbocycles. The Labute approximate surface area is 121 Å². The van der Waals surface area contributed by atoms with Gasteiger partial charge in [0.1, 0.15) is 0 Å². The number of carbonyl (C=O) groups is 1. The molecule has 0 atom stereocenters. The first kappa shape index (κ1) is 17.5. The molecule has 0 aliphatic rings. The van der Waals surface area contributed by atoms with Crippen molar-refractivity contribution < 1.29 is 23.1 Å². The molecule has 0 aliphatic heterocycles. The molecular formula is C14H19F3N2O2. The first-order valence-electron chi connectivity index (χ1n) is 6.47. The number of aliphatic hydroxyl groups is 1. The van der Waals surface area contributed by atoms with Gasteiger partial charge >= 0.3 is 12.1 Å². The number of alkyl halides is 3. The maximum absolute atomic E-state index is 12.2. The van der Waals surface area contributed by atoms with Gasteiger partial charge in [-0.1, -0.05) is 12.1 Å². The van der Waals surface area contributed by atoms with Gasteiger partial charge in [0, 0.05) is 24.4 Å². The smallest absolute Gasteiger partial charge is 0.396 e. The van der Waals surface area contributed by atoms with Gasteiger partial charge in [-0.25, -0.2) is 0 Å². The van der Waals surface area contributed by atoms with E-state index in [-0.39, 0.29) is 17.8 Å². The Balaban J connectivity index is 2.67. The Morgan fingerprint density at radius 1 is 1.29 bits per heavy atom. The van der Waals surface area contributed by atoms with Crippen molar-refractivity contribution in [1.82, 2.24) is 5.32 Å². The third kappa shape index (κ3) is 6.14. The van der Waals surface area contributed by atoms with Crippen LogP contribution in [0.15, 0.2) is 24.3 Å². The zero-order chi connectivity index (χ0) is 16.1. The molecule has 118 valence electrons. The summed E-state index contributed by atoms with van der Waals surface area (Å²) in [6.07, 6.45) is -4.35. The predicted octanol–water partition coefficient (Wildman–Crippen LogP) is 2.44. The number of halogens is 3. The lowest BCUT2D eigenvalue weighted by Crippen LogP contribution is -2.39. The summed E-state index contributed by atoms with van der Waals surface area (Å²) in [6.45, 7) is 4.29. The van der Waals surface area contributed by atoms with E-state index in [1.165, 1.54) is 12.1 Å². The summed E-state index contributed by atoms with van der Waals surface area (Å²) in [6, 6.07) is 6.19. The summed E-state index contributed by atoms with van der Waals surface area (Å²) in [5.41, 5.74) is 0.539. The molecule has 0 bridgehead atoms. The molecule has 0 heterocycles. The quantitative estimate of drug-likeness (QED) is 0.756. The van der Waals surface area contributed by atoms with Gasteiger partial charge < -0.3 is 15.7 Å². The number of hydrogen-bond acceptors (Lipinski definition) is 3. The molecule has 0 radical (unpaired) electrons. The highest BCUT2D eigenvalue weighted by atomic mass is 19.4. The van der Waals surface area contributed by atoms with Crippen molar-refractivity contribution in [3.8, 4) is 0 Å². The van der Waals surface area contributed by atoms with E-state index in [0.717, 1.165) is 5.56 Å². The molecule has 1 amide bonds. The van der Waals surface area contributed by atoms with E-state index in [1.807, 2.05) is 19.2 Å². The maximum Gasteiger partial charge on any atom is 0.471 e. The zero-order valence-electron chi connectivity index (χ0n) is 11.9. The number of aliphatic hydroxyl groups excluding tert-OH is 1. The van der Waals surface area contributed by atoms with Crippen LogP contribution in [0.5, 0.6) is 0 Å². The second-order valence-corrected chi connectivity index (χ2v) is 5.36. The normalized spacial score (nSPS) is 12.3. The number of rotatable bonds is 6. The minimum atomic E-state index is -4.91. The van der Waals surface area contributed by atoms with Crippen molar-refractivity contribution >= 4 is 11.6 Å². The lowest BCUT2D eigenvalue weighted by molar-refractivity contribution is -0.167. The van der Waals surface area contributed by atoms with Gasteiger partial charge in [0.15, 0.2) is 0 Å². The molecule has 0 aromatic heterocycles. The summed E-state index contributed by atoms with van der Waals surface area (Å²) in [5.74, 6) is -1.99. The average Bonchev–Trinajstić information content (AvgIpc) is 2.36. The van der Waals surface area contributed by atoms with Crippen molar-refractivity contribution in [2.75, 3.05) is 11.9 Å². The summed E-state index contributed by atoms with van der Waals surface area (Å²) < 4.78 is 36.5. The van der Waals surface area contributed by atoms with Crippen LogP contribution in [0, 0.1) is 0 Å². The number of carbonyl (C=O) groups excluding carboxylic acids is 1. The van der Waals surface area contributed by atoms with Crippen molar-refractivity contribution in [3.05, 3.63) is 29.8 Å². The second-order valence-electron chi connectivity index (χ2n) is 5.36. The van der Waals surface area contributed by atoms with Crippen molar-refractivity contribution in [2.45, 2.75) is 38.5 Å². The molecular weight excluding hydrogens is 285 g/mol. The minimum absolute atomic E-state index is 0.0433. The first-order chi connectivity index (χ1) is 9.64. The van der Waals surface area contributed by atoms with Crippen LogP contribution >= 0.6 is 0 Å². The largest absolute Gasteiger partial charge is 0.471 e. The van der Waals surface area contributed by atoms with E-state index < -0.39 is 12.1 Å². The van der Waals surface area contributed by atoms with Gasteiger partial charge in [0.2, 0.25) is 0 Å². The average molecular weight is 304 g/mol. The van der Waals surface area contributed by atoms with Crippen LogP contribution in [0.25, 0.3) is 0 Å². The van der Waals surface area contributed by atoms with Crippen molar-refractivity contribution in [1.29, 1.82) is 0 Å². The molecule has 1 rings (SSSR count). The highest BCUT2D eigenvalue weighted by molar-refractivity contribution is 5.94. The van der Waals surface area contributed by atoms with E-state index in [0.29, 0.717) is 13.0 Å².